The van der Waals surface area contributed by atoms with Crippen LogP contribution in [0.25, 0.3) is 0 Å². The van der Waals surface area contributed by atoms with Crippen LogP contribution in [0.1, 0.15) is 19.3 Å². The van der Waals surface area contributed by atoms with E-state index in [0.29, 0.717) is 5.69 Å². The van der Waals surface area contributed by atoms with Crippen LogP contribution in [0.5, 0.6) is 0 Å². The number of halogens is 1. The van der Waals surface area contributed by atoms with E-state index in [9.17, 15) is 14.0 Å². The lowest BCUT2D eigenvalue weighted by Gasteiger charge is -2.25. The van der Waals surface area contributed by atoms with Gasteiger partial charge in [-0.1, -0.05) is 6.07 Å². The van der Waals surface area contributed by atoms with E-state index in [1.165, 1.54) is 12.1 Å². The number of benzene rings is 1. The van der Waals surface area contributed by atoms with Crippen molar-refractivity contribution in [2.75, 3.05) is 38.5 Å². The summed E-state index contributed by atoms with van der Waals surface area (Å²) in [5, 5.41) is 11.6. The topological polar surface area (TPSA) is 72.9 Å². The third-order valence-corrected chi connectivity index (χ3v) is 4.27. The Kier molecular flexibility index (Phi) is 6.69. The quantitative estimate of drug-likeness (QED) is 0.825. The van der Waals surface area contributed by atoms with Gasteiger partial charge in [0.05, 0.1) is 13.1 Å². The van der Waals surface area contributed by atoms with Gasteiger partial charge in [-0.25, -0.2) is 4.39 Å². The highest BCUT2D eigenvalue weighted by Gasteiger charge is 2.22. The molecule has 0 aliphatic carbocycles. The molecule has 1 aromatic carbocycles. The van der Waals surface area contributed by atoms with Crippen LogP contribution >= 0.6 is 0 Å². The molecule has 0 spiro atoms. The third-order valence-electron chi connectivity index (χ3n) is 4.27. The van der Waals surface area contributed by atoms with Gasteiger partial charge in [-0.2, -0.15) is 0 Å². The van der Waals surface area contributed by atoms with Gasteiger partial charge < -0.3 is 10.4 Å². The molecule has 0 aromatic heterocycles. The molecule has 1 amide bonds. The molecular weight excluding hydrogens is 313 g/mol. The summed E-state index contributed by atoms with van der Waals surface area (Å²) in [5.74, 6) is -1.38. The minimum atomic E-state index is -0.826. The van der Waals surface area contributed by atoms with Crippen molar-refractivity contribution >= 4 is 17.6 Å². The second kappa shape index (κ2) is 8.75. The Bertz CT molecular complexity index is 582. The number of nitrogens with one attached hydrogen (secondary N) is 1. The van der Waals surface area contributed by atoms with Gasteiger partial charge in [-0.3, -0.25) is 19.4 Å². The van der Waals surface area contributed by atoms with Crippen molar-refractivity contribution in [1.82, 2.24) is 9.80 Å². The number of likely N-dealkylation sites (N-methyl/N-ethyl adjacent to an activating group) is 1. The van der Waals surface area contributed by atoms with E-state index >= 15 is 0 Å². The average Bonchev–Trinajstić information content (AvgIpc) is 2.72. The fraction of sp³-hybridized carbons (Fsp3) is 0.529. The Balaban J connectivity index is 1.81. The number of anilines is 1. The summed E-state index contributed by atoms with van der Waals surface area (Å²) in [7, 11) is 1.82. The summed E-state index contributed by atoms with van der Waals surface area (Å²) >= 11 is 0. The number of carboxylic acid groups (broad SMARTS) is 1. The first-order valence-electron chi connectivity index (χ1n) is 8.14. The molecule has 2 N–H and O–H groups in total. The molecule has 0 radical (unpaired) electrons. The second-order valence-electron chi connectivity index (χ2n) is 6.23. The molecule has 1 heterocycles. The van der Waals surface area contributed by atoms with Crippen LogP contribution in [0.2, 0.25) is 0 Å². The molecule has 1 fully saturated rings. The fourth-order valence-electron chi connectivity index (χ4n) is 3.05. The Hall–Kier alpha value is -1.99. The molecule has 0 bridgehead atoms. The summed E-state index contributed by atoms with van der Waals surface area (Å²) in [6.07, 6.45) is 2.67. The number of hydrogen-bond acceptors (Lipinski definition) is 4. The largest absolute Gasteiger partial charge is 0.480 e. The molecule has 132 valence electrons. The van der Waals surface area contributed by atoms with Crippen molar-refractivity contribution in [1.29, 1.82) is 0 Å². The van der Waals surface area contributed by atoms with Crippen LogP contribution in [0.15, 0.2) is 24.3 Å². The molecule has 24 heavy (non-hydrogen) atoms. The number of carbonyl (C=O) groups excluding carboxylic acids is 1. The Morgan fingerprint density at radius 2 is 2.17 bits per heavy atom. The van der Waals surface area contributed by atoms with Gasteiger partial charge in [0.15, 0.2) is 0 Å². The van der Waals surface area contributed by atoms with Crippen LogP contribution in [-0.2, 0) is 9.59 Å². The number of nitrogens with zero attached hydrogens (tertiary/aromatic N) is 2. The summed E-state index contributed by atoms with van der Waals surface area (Å²) in [6, 6.07) is 6.05. The predicted molar refractivity (Wildman–Crippen MR) is 89.4 cm³/mol. The Morgan fingerprint density at radius 1 is 1.38 bits per heavy atom. The van der Waals surface area contributed by atoms with E-state index in [-0.39, 0.29) is 30.9 Å². The number of amides is 1. The van der Waals surface area contributed by atoms with Crippen LogP contribution in [0.4, 0.5) is 10.1 Å². The molecule has 7 heteroatoms. The maximum atomic E-state index is 13.1. The monoisotopic (exact) mass is 337 g/mol. The molecule has 6 nitrogen and oxygen atoms in total. The predicted octanol–water partition coefficient (Wildman–Crippen LogP) is 1.64. The lowest BCUT2D eigenvalue weighted by Crippen LogP contribution is -2.37. The van der Waals surface area contributed by atoms with Gasteiger partial charge >= 0.3 is 5.97 Å². The average molecular weight is 337 g/mol. The Morgan fingerprint density at radius 3 is 2.88 bits per heavy atom. The van der Waals surface area contributed by atoms with Gasteiger partial charge in [-0.05, 0) is 51.1 Å². The molecule has 0 saturated carbocycles. The van der Waals surface area contributed by atoms with Gasteiger partial charge in [0.2, 0.25) is 5.91 Å². The summed E-state index contributed by atoms with van der Waals surface area (Å²) < 4.78 is 13.1. The molecule has 1 saturated heterocycles. The van der Waals surface area contributed by atoms with Crippen LogP contribution in [0, 0.1) is 5.82 Å². The van der Waals surface area contributed by atoms with Crippen molar-refractivity contribution in [3.05, 3.63) is 30.1 Å². The summed E-state index contributed by atoms with van der Waals surface area (Å²) in [6.45, 7) is 1.83. The second-order valence-corrected chi connectivity index (χ2v) is 6.23. The summed E-state index contributed by atoms with van der Waals surface area (Å²) in [4.78, 5) is 26.8. The number of carbonyl (C=O) groups is 2. The first kappa shape index (κ1) is 18.4. The zero-order valence-corrected chi connectivity index (χ0v) is 13.9. The van der Waals surface area contributed by atoms with Crippen LogP contribution in [0.3, 0.4) is 0 Å². The van der Waals surface area contributed by atoms with E-state index < -0.39 is 5.97 Å². The molecule has 2 rings (SSSR count). The molecular formula is C17H24FN3O3. The number of rotatable bonds is 6. The van der Waals surface area contributed by atoms with Crippen LogP contribution in [-0.4, -0.2) is 66.1 Å². The first-order chi connectivity index (χ1) is 11.4. The maximum absolute atomic E-state index is 13.1. The van der Waals surface area contributed by atoms with E-state index in [0.717, 1.165) is 32.4 Å². The molecule has 1 aliphatic heterocycles. The number of hydrogen-bond donors (Lipinski definition) is 2. The number of aliphatic carboxylic acids is 1. The van der Waals surface area contributed by atoms with Crippen molar-refractivity contribution in [3.8, 4) is 0 Å². The molecule has 1 unspecified atom stereocenters. The molecule has 1 aromatic rings. The standard InChI is InChI=1S/C17H24FN3O3/c1-20(12-17(23)24)15-6-3-8-21(9-7-15)11-16(22)19-14-5-2-4-13(18)10-14/h2,4-5,10,15H,3,6-9,11-12H2,1H3,(H,19,22)(H,23,24). The lowest BCUT2D eigenvalue weighted by atomic mass is 10.1. The highest BCUT2D eigenvalue weighted by molar-refractivity contribution is 5.92. The zero-order valence-electron chi connectivity index (χ0n) is 13.9. The fourth-order valence-corrected chi connectivity index (χ4v) is 3.05. The van der Waals surface area contributed by atoms with Gasteiger partial charge in [0.1, 0.15) is 5.82 Å². The van der Waals surface area contributed by atoms with Gasteiger partial charge in [-0.15, -0.1) is 0 Å². The number of likely N-dealkylation sites (tertiary alicyclic amines) is 1. The molecule has 1 atom stereocenters. The van der Waals surface area contributed by atoms with E-state index in [4.69, 9.17) is 5.11 Å². The van der Waals surface area contributed by atoms with E-state index in [1.807, 2.05) is 11.9 Å². The van der Waals surface area contributed by atoms with Crippen molar-refractivity contribution in [2.24, 2.45) is 0 Å². The van der Waals surface area contributed by atoms with Crippen LogP contribution < -0.4 is 5.32 Å². The highest BCUT2D eigenvalue weighted by atomic mass is 19.1. The Labute approximate surface area is 141 Å². The zero-order chi connectivity index (χ0) is 17.5. The summed E-state index contributed by atoms with van der Waals surface area (Å²) in [5.41, 5.74) is 0.453. The normalized spacial score (nSPS) is 19.0. The number of carboxylic acids is 1. The maximum Gasteiger partial charge on any atom is 0.317 e. The van der Waals surface area contributed by atoms with Crippen molar-refractivity contribution in [2.45, 2.75) is 25.3 Å². The SMILES string of the molecule is CN(CC(=O)O)C1CCCN(CC(=O)Nc2cccc(F)c2)CC1. The smallest absolute Gasteiger partial charge is 0.317 e. The van der Waals surface area contributed by atoms with Gasteiger partial charge in [0, 0.05) is 18.3 Å². The van der Waals surface area contributed by atoms with E-state index in [2.05, 4.69) is 10.2 Å². The minimum absolute atomic E-state index is 0.0325. The van der Waals surface area contributed by atoms with E-state index in [1.54, 1.807) is 12.1 Å². The minimum Gasteiger partial charge on any atom is -0.480 e. The third kappa shape index (κ3) is 5.90. The van der Waals surface area contributed by atoms with Crippen molar-refractivity contribution in [3.63, 3.8) is 0 Å². The molecule has 1 aliphatic rings. The lowest BCUT2D eigenvalue weighted by molar-refractivity contribution is -0.138. The first-order valence-corrected chi connectivity index (χ1v) is 8.14. The van der Waals surface area contributed by atoms with Gasteiger partial charge in [0.25, 0.3) is 0 Å². The highest BCUT2D eigenvalue weighted by Crippen LogP contribution is 2.16. The van der Waals surface area contributed by atoms with Crippen molar-refractivity contribution < 1.29 is 19.1 Å².